The normalized spacial score (nSPS) is 15.1. The van der Waals surface area contributed by atoms with Gasteiger partial charge in [-0.25, -0.2) is 14.4 Å². The second-order valence-corrected chi connectivity index (χ2v) is 14.4. The summed E-state index contributed by atoms with van der Waals surface area (Å²) < 4.78 is 35.5. The molecule has 7 rings (SSSR count). The number of ether oxygens (including phenoxy) is 4. The van der Waals surface area contributed by atoms with E-state index >= 15 is 0 Å². The van der Waals surface area contributed by atoms with Gasteiger partial charge in [0.25, 0.3) is 0 Å². The topological polar surface area (TPSA) is 89.4 Å². The van der Waals surface area contributed by atoms with Crippen LogP contribution in [0.2, 0.25) is 0 Å². The van der Waals surface area contributed by atoms with Crippen molar-refractivity contribution in [2.75, 3.05) is 64.5 Å². The van der Waals surface area contributed by atoms with Crippen molar-refractivity contribution in [3.63, 3.8) is 0 Å². The number of alkyl halides is 1. The zero-order valence-corrected chi connectivity index (χ0v) is 33.0. The van der Waals surface area contributed by atoms with Crippen LogP contribution in [-0.2, 0) is 9.47 Å². The van der Waals surface area contributed by atoms with Gasteiger partial charge < -0.3 is 33.9 Å². The summed E-state index contributed by atoms with van der Waals surface area (Å²) in [6, 6.07) is 36.3. The summed E-state index contributed by atoms with van der Waals surface area (Å²) in [6.45, 7) is 2.55. The maximum absolute atomic E-state index is 12.3. The highest BCUT2D eigenvalue weighted by Gasteiger charge is 2.19. The van der Waals surface area contributed by atoms with E-state index in [1.165, 1.54) is 12.1 Å². The molecule has 0 saturated carbocycles. The first-order valence-electron chi connectivity index (χ1n) is 19.3. The van der Waals surface area contributed by atoms with Crippen LogP contribution in [0.1, 0.15) is 32.6 Å². The van der Waals surface area contributed by atoms with Crippen molar-refractivity contribution in [1.29, 1.82) is 0 Å². The molecule has 1 fully saturated rings. The predicted octanol–water partition coefficient (Wildman–Crippen LogP) is 9.35. The van der Waals surface area contributed by atoms with Gasteiger partial charge in [0.15, 0.2) is 6.29 Å². The van der Waals surface area contributed by atoms with Crippen molar-refractivity contribution in [1.82, 2.24) is 9.97 Å². The molecule has 1 aliphatic rings. The summed E-state index contributed by atoms with van der Waals surface area (Å²) in [6.07, 6.45) is 3.01. The Bertz CT molecular complexity index is 2140. The van der Waals surface area contributed by atoms with E-state index in [0.29, 0.717) is 12.4 Å². The van der Waals surface area contributed by atoms with Gasteiger partial charge in [-0.3, -0.25) is 0 Å². The Balaban J connectivity index is 0.000000194. The highest BCUT2D eigenvalue weighted by Crippen LogP contribution is 2.28. The number of pyridine rings is 2. The summed E-state index contributed by atoms with van der Waals surface area (Å²) in [7, 11) is 8.11. The number of fused-ring (bicyclic) bond motifs is 2. The third-order valence-corrected chi connectivity index (χ3v) is 9.67. The Kier molecular flexibility index (Phi) is 14.1. The molecule has 9 nitrogen and oxygen atoms in total. The van der Waals surface area contributed by atoms with E-state index in [1.54, 1.807) is 6.07 Å². The lowest BCUT2D eigenvalue weighted by atomic mass is 10.1. The van der Waals surface area contributed by atoms with Gasteiger partial charge in [0.1, 0.15) is 37.5 Å². The van der Waals surface area contributed by atoms with Gasteiger partial charge in [0, 0.05) is 68.1 Å². The second kappa shape index (κ2) is 19.5. The van der Waals surface area contributed by atoms with Crippen LogP contribution in [0.4, 0.5) is 15.8 Å². The van der Waals surface area contributed by atoms with Gasteiger partial charge in [0.05, 0.1) is 28.5 Å². The summed E-state index contributed by atoms with van der Waals surface area (Å²) in [5.41, 5.74) is 8.17. The molecule has 1 saturated heterocycles. The molecule has 4 aromatic carbocycles. The Morgan fingerprint density at radius 1 is 0.696 bits per heavy atom. The highest BCUT2D eigenvalue weighted by molar-refractivity contribution is 5.84. The SMILES string of the molecule is CC[C@H](COc1ccc2nc(-c3ccc(N(C)C)cc3)ccc2c1)OC1CCCCO1.CN(C)c1ccc(-c2ccc3cc(OC[C@H](O)CF)ccc3n2)cc1. The third-order valence-electron chi connectivity index (χ3n) is 9.67. The fraction of sp³-hybridized carbons (Fsp3) is 0.348. The van der Waals surface area contributed by atoms with Crippen LogP contribution in [0.3, 0.4) is 0 Å². The van der Waals surface area contributed by atoms with Gasteiger partial charge in [-0.1, -0.05) is 43.3 Å². The third kappa shape index (κ3) is 10.9. The summed E-state index contributed by atoms with van der Waals surface area (Å²) >= 11 is 0. The summed E-state index contributed by atoms with van der Waals surface area (Å²) in [5, 5.41) is 11.2. The molecular formula is C46H53FN4O5. The molecule has 1 aliphatic heterocycles. The minimum atomic E-state index is -1.10. The predicted molar refractivity (Wildman–Crippen MR) is 225 cm³/mol. The molecule has 294 valence electrons. The van der Waals surface area contributed by atoms with E-state index in [4.69, 9.17) is 28.9 Å². The average Bonchev–Trinajstić information content (AvgIpc) is 3.24. The van der Waals surface area contributed by atoms with Gasteiger partial charge >= 0.3 is 0 Å². The molecule has 10 heteroatoms. The fourth-order valence-corrected chi connectivity index (χ4v) is 6.28. The number of aliphatic hydroxyl groups is 1. The van der Waals surface area contributed by atoms with Crippen molar-refractivity contribution in [2.45, 2.75) is 51.1 Å². The van der Waals surface area contributed by atoms with Crippen molar-refractivity contribution >= 4 is 33.2 Å². The number of aliphatic hydroxyl groups excluding tert-OH is 1. The van der Waals surface area contributed by atoms with E-state index in [-0.39, 0.29) is 19.0 Å². The molecule has 0 radical (unpaired) electrons. The maximum atomic E-state index is 12.3. The first kappa shape index (κ1) is 40.4. The van der Waals surface area contributed by atoms with Gasteiger partial charge in [0.2, 0.25) is 0 Å². The molecule has 0 amide bonds. The van der Waals surface area contributed by atoms with Crippen LogP contribution in [0, 0.1) is 0 Å². The standard InChI is InChI=1S/C26H32N2O3.C20H21FN2O2/c1-4-22(31-26-7-5-6-16-29-26)18-30-23-13-15-25-20(17-23)10-14-24(27-25)19-8-11-21(12-9-19)28(2)3;1-23(2)16-6-3-14(4-7-16)19-9-5-15-11-18(8-10-20(15)22-19)25-13-17(24)12-21/h8-15,17,22,26H,4-7,16,18H2,1-3H3;3-11,17,24H,12-13H2,1-2H3/t22-,26?;17-/m11/s1. The van der Waals surface area contributed by atoms with E-state index < -0.39 is 12.8 Å². The zero-order chi connectivity index (χ0) is 39.4. The summed E-state index contributed by atoms with van der Waals surface area (Å²) in [4.78, 5) is 13.7. The molecule has 56 heavy (non-hydrogen) atoms. The monoisotopic (exact) mass is 760 g/mol. The van der Waals surface area contributed by atoms with E-state index in [9.17, 15) is 9.50 Å². The van der Waals surface area contributed by atoms with Crippen LogP contribution in [0.5, 0.6) is 11.5 Å². The van der Waals surface area contributed by atoms with E-state index in [2.05, 4.69) is 77.4 Å². The van der Waals surface area contributed by atoms with Crippen molar-refractivity contribution in [3.8, 4) is 34.0 Å². The molecule has 1 N–H and O–H groups in total. The number of rotatable bonds is 14. The van der Waals surface area contributed by atoms with Crippen molar-refractivity contribution in [3.05, 3.63) is 109 Å². The van der Waals surface area contributed by atoms with Crippen molar-refractivity contribution in [2.24, 2.45) is 0 Å². The Hall–Kier alpha value is -5.29. The number of nitrogens with zero attached hydrogens (tertiary/aromatic N) is 4. The van der Waals surface area contributed by atoms with Crippen LogP contribution in [0.25, 0.3) is 44.3 Å². The quantitative estimate of drug-likeness (QED) is 0.117. The number of halogens is 1. The van der Waals surface area contributed by atoms with Crippen LogP contribution in [0.15, 0.2) is 109 Å². The molecule has 3 atom stereocenters. The Morgan fingerprint density at radius 2 is 1.21 bits per heavy atom. The lowest BCUT2D eigenvalue weighted by molar-refractivity contribution is -0.193. The second-order valence-electron chi connectivity index (χ2n) is 14.4. The lowest BCUT2D eigenvalue weighted by Gasteiger charge is -2.27. The number of aromatic nitrogens is 2. The highest BCUT2D eigenvalue weighted by atomic mass is 19.1. The largest absolute Gasteiger partial charge is 0.491 e. The number of hydrogen-bond acceptors (Lipinski definition) is 9. The Morgan fingerprint density at radius 3 is 1.66 bits per heavy atom. The van der Waals surface area contributed by atoms with Crippen LogP contribution in [-0.4, -0.2) is 88.3 Å². The van der Waals surface area contributed by atoms with Gasteiger partial charge in [-0.2, -0.15) is 0 Å². The lowest BCUT2D eigenvalue weighted by Crippen LogP contribution is -2.31. The number of anilines is 2. The smallest absolute Gasteiger partial charge is 0.158 e. The van der Waals surface area contributed by atoms with E-state index in [0.717, 1.165) is 81.6 Å². The first-order chi connectivity index (χ1) is 27.2. The molecule has 0 aliphatic carbocycles. The molecule has 3 heterocycles. The molecule has 0 spiro atoms. The zero-order valence-electron chi connectivity index (χ0n) is 33.0. The average molecular weight is 761 g/mol. The molecular weight excluding hydrogens is 708 g/mol. The molecule has 1 unspecified atom stereocenters. The molecule has 0 bridgehead atoms. The Labute approximate surface area is 329 Å². The number of benzene rings is 4. The van der Waals surface area contributed by atoms with Gasteiger partial charge in [-0.05, 0) is 98.5 Å². The number of hydrogen-bond donors (Lipinski definition) is 1. The fourth-order valence-electron chi connectivity index (χ4n) is 6.28. The minimum Gasteiger partial charge on any atom is -0.491 e. The van der Waals surface area contributed by atoms with Crippen LogP contribution < -0.4 is 19.3 Å². The molecule has 6 aromatic rings. The summed E-state index contributed by atoms with van der Waals surface area (Å²) in [5.74, 6) is 1.42. The van der Waals surface area contributed by atoms with Crippen LogP contribution >= 0.6 is 0 Å². The minimum absolute atomic E-state index is 0.0319. The first-order valence-corrected chi connectivity index (χ1v) is 19.3. The maximum Gasteiger partial charge on any atom is 0.158 e. The van der Waals surface area contributed by atoms with E-state index in [1.807, 2.05) is 70.7 Å². The van der Waals surface area contributed by atoms with Crippen molar-refractivity contribution < 1.29 is 28.4 Å². The molecule has 2 aromatic heterocycles. The van der Waals surface area contributed by atoms with Gasteiger partial charge in [-0.15, -0.1) is 0 Å².